The van der Waals surface area contributed by atoms with Gasteiger partial charge in [-0.3, -0.25) is 4.79 Å². The van der Waals surface area contributed by atoms with Crippen molar-refractivity contribution in [3.8, 4) is 11.5 Å². The molecule has 1 atom stereocenters. The van der Waals surface area contributed by atoms with Gasteiger partial charge in [0.2, 0.25) is 0 Å². The van der Waals surface area contributed by atoms with Crippen LogP contribution >= 0.6 is 12.4 Å². The molecular weight excluding hydrogens is 328 g/mol. The number of fused-ring (bicyclic) bond motifs is 1. The van der Waals surface area contributed by atoms with Crippen LogP contribution in [-0.2, 0) is 4.79 Å². The molecule has 0 spiro atoms. The second-order valence-corrected chi connectivity index (χ2v) is 6.12. The minimum absolute atomic E-state index is 0. The number of ether oxygens (including phenoxy) is 2. The number of carbonyl (C=O) groups excluding carboxylic acids is 1. The lowest BCUT2D eigenvalue weighted by molar-refractivity contribution is -0.117. The molecule has 0 aliphatic carbocycles. The summed E-state index contributed by atoms with van der Waals surface area (Å²) in [4.78, 5) is 12.3. The third kappa shape index (κ3) is 4.65. The molecule has 2 aliphatic rings. The number of piperidine rings is 1. The Morgan fingerprint density at radius 1 is 1.46 bits per heavy atom. The zero-order valence-corrected chi connectivity index (χ0v) is 14.8. The Labute approximate surface area is 149 Å². The Hall–Kier alpha value is -1.72. The van der Waals surface area contributed by atoms with Gasteiger partial charge in [0.05, 0.1) is 12.7 Å². The van der Waals surface area contributed by atoms with Gasteiger partial charge in [0.25, 0.3) is 5.91 Å². The molecule has 1 amide bonds. The van der Waals surface area contributed by atoms with E-state index in [4.69, 9.17) is 9.47 Å². The number of benzene rings is 1. The number of rotatable bonds is 5. The third-order valence-electron chi connectivity index (χ3n) is 4.46. The molecule has 0 radical (unpaired) electrons. The molecular formula is C18H25ClN2O3. The van der Waals surface area contributed by atoms with Crippen molar-refractivity contribution < 1.29 is 14.3 Å². The SMILES string of the molecule is COc1ccc2c(c1)C=C(C(=O)NCCC1CCCNC1)CO2.Cl. The number of methoxy groups -OCH3 is 1. The molecule has 1 saturated heterocycles. The maximum atomic E-state index is 12.3. The van der Waals surface area contributed by atoms with Crippen molar-refractivity contribution in [2.24, 2.45) is 5.92 Å². The monoisotopic (exact) mass is 352 g/mol. The summed E-state index contributed by atoms with van der Waals surface area (Å²) < 4.78 is 10.9. The zero-order chi connectivity index (χ0) is 16.1. The van der Waals surface area contributed by atoms with Gasteiger partial charge in [0.1, 0.15) is 18.1 Å². The van der Waals surface area contributed by atoms with E-state index in [0.29, 0.717) is 24.6 Å². The first-order valence-corrected chi connectivity index (χ1v) is 8.26. The van der Waals surface area contributed by atoms with E-state index in [9.17, 15) is 4.79 Å². The van der Waals surface area contributed by atoms with Crippen LogP contribution in [0.4, 0.5) is 0 Å². The normalized spacial score (nSPS) is 19.2. The molecule has 1 aromatic carbocycles. The highest BCUT2D eigenvalue weighted by molar-refractivity contribution is 5.99. The third-order valence-corrected chi connectivity index (χ3v) is 4.46. The van der Waals surface area contributed by atoms with Crippen molar-refractivity contribution in [3.05, 3.63) is 29.3 Å². The number of nitrogens with one attached hydrogen (secondary N) is 2. The summed E-state index contributed by atoms with van der Waals surface area (Å²) in [6.45, 7) is 3.22. The molecule has 132 valence electrons. The van der Waals surface area contributed by atoms with E-state index < -0.39 is 0 Å². The molecule has 1 aromatic rings. The van der Waals surface area contributed by atoms with Crippen molar-refractivity contribution >= 4 is 24.4 Å². The van der Waals surface area contributed by atoms with Crippen molar-refractivity contribution in [1.82, 2.24) is 10.6 Å². The van der Waals surface area contributed by atoms with Crippen LogP contribution < -0.4 is 20.1 Å². The molecule has 2 N–H and O–H groups in total. The topological polar surface area (TPSA) is 59.6 Å². The molecule has 0 saturated carbocycles. The fraction of sp³-hybridized carbons (Fsp3) is 0.500. The summed E-state index contributed by atoms with van der Waals surface area (Å²) in [5.74, 6) is 2.18. The summed E-state index contributed by atoms with van der Waals surface area (Å²) in [5.41, 5.74) is 1.55. The van der Waals surface area contributed by atoms with E-state index >= 15 is 0 Å². The molecule has 6 heteroatoms. The highest BCUT2D eigenvalue weighted by Crippen LogP contribution is 2.29. The van der Waals surface area contributed by atoms with Crippen LogP contribution in [0.3, 0.4) is 0 Å². The van der Waals surface area contributed by atoms with E-state index in [1.807, 2.05) is 24.3 Å². The van der Waals surface area contributed by atoms with Gasteiger partial charge >= 0.3 is 0 Å². The first kappa shape index (κ1) is 18.6. The molecule has 2 heterocycles. The highest BCUT2D eigenvalue weighted by atomic mass is 35.5. The Bertz CT molecular complexity index is 598. The maximum absolute atomic E-state index is 12.3. The van der Waals surface area contributed by atoms with E-state index in [-0.39, 0.29) is 18.3 Å². The molecule has 2 aliphatic heterocycles. The van der Waals surface area contributed by atoms with Crippen LogP contribution in [0.15, 0.2) is 23.8 Å². The van der Waals surface area contributed by atoms with Gasteiger partial charge in [0, 0.05) is 12.1 Å². The van der Waals surface area contributed by atoms with Crippen LogP contribution in [-0.4, -0.2) is 39.3 Å². The molecule has 5 nitrogen and oxygen atoms in total. The molecule has 0 bridgehead atoms. The van der Waals surface area contributed by atoms with Gasteiger partial charge in [-0.05, 0) is 62.5 Å². The van der Waals surface area contributed by atoms with Gasteiger partial charge in [-0.1, -0.05) is 0 Å². The van der Waals surface area contributed by atoms with E-state index in [1.165, 1.54) is 12.8 Å². The van der Waals surface area contributed by atoms with Gasteiger partial charge < -0.3 is 20.1 Å². The van der Waals surface area contributed by atoms with Gasteiger partial charge in [-0.15, -0.1) is 12.4 Å². The fourth-order valence-corrected chi connectivity index (χ4v) is 3.09. The predicted molar refractivity (Wildman–Crippen MR) is 96.9 cm³/mol. The Morgan fingerprint density at radius 2 is 2.33 bits per heavy atom. The average molecular weight is 353 g/mol. The van der Waals surface area contributed by atoms with Crippen LogP contribution in [0.2, 0.25) is 0 Å². The van der Waals surface area contributed by atoms with Crippen LogP contribution in [0, 0.1) is 5.92 Å². The number of hydrogen-bond acceptors (Lipinski definition) is 4. The first-order chi connectivity index (χ1) is 11.3. The van der Waals surface area contributed by atoms with Gasteiger partial charge in [-0.25, -0.2) is 0 Å². The Kier molecular flexibility index (Phi) is 6.94. The smallest absolute Gasteiger partial charge is 0.250 e. The van der Waals surface area contributed by atoms with Gasteiger partial charge in [0.15, 0.2) is 0 Å². The highest BCUT2D eigenvalue weighted by Gasteiger charge is 2.18. The number of halogens is 1. The summed E-state index contributed by atoms with van der Waals surface area (Å²) >= 11 is 0. The lowest BCUT2D eigenvalue weighted by Crippen LogP contribution is -2.34. The number of carbonyl (C=O) groups is 1. The molecule has 24 heavy (non-hydrogen) atoms. The summed E-state index contributed by atoms with van der Waals surface area (Å²) in [7, 11) is 1.63. The maximum Gasteiger partial charge on any atom is 0.250 e. The zero-order valence-electron chi connectivity index (χ0n) is 14.0. The van der Waals surface area contributed by atoms with E-state index in [0.717, 1.165) is 36.6 Å². The second kappa shape index (κ2) is 8.94. The largest absolute Gasteiger partial charge is 0.497 e. The van der Waals surface area contributed by atoms with Crippen molar-refractivity contribution in [3.63, 3.8) is 0 Å². The lowest BCUT2D eigenvalue weighted by Gasteiger charge is -2.23. The lowest BCUT2D eigenvalue weighted by atomic mass is 9.96. The molecule has 1 unspecified atom stereocenters. The minimum Gasteiger partial charge on any atom is -0.497 e. The standard InChI is InChI=1S/C18H24N2O3.ClH/c1-22-16-4-5-17-14(10-16)9-15(12-23-17)18(21)20-8-6-13-3-2-7-19-11-13;/h4-5,9-10,13,19H,2-3,6-8,11-12H2,1H3,(H,20,21);1H. The van der Waals surface area contributed by atoms with Crippen LogP contribution in [0.25, 0.3) is 6.08 Å². The van der Waals surface area contributed by atoms with Gasteiger partial charge in [-0.2, -0.15) is 0 Å². The van der Waals surface area contributed by atoms with Crippen LogP contribution in [0.5, 0.6) is 11.5 Å². The van der Waals surface area contributed by atoms with Crippen molar-refractivity contribution in [2.45, 2.75) is 19.3 Å². The summed E-state index contributed by atoms with van der Waals surface area (Å²) in [6, 6.07) is 5.61. The number of hydrogen-bond donors (Lipinski definition) is 2. The quantitative estimate of drug-likeness (QED) is 0.854. The Balaban J connectivity index is 0.00000208. The van der Waals surface area contributed by atoms with E-state index in [2.05, 4.69) is 10.6 Å². The first-order valence-electron chi connectivity index (χ1n) is 8.26. The molecule has 1 fully saturated rings. The average Bonchev–Trinajstić information content (AvgIpc) is 2.61. The number of amides is 1. The Morgan fingerprint density at radius 3 is 3.08 bits per heavy atom. The second-order valence-electron chi connectivity index (χ2n) is 6.12. The van der Waals surface area contributed by atoms with Crippen molar-refractivity contribution in [2.75, 3.05) is 33.4 Å². The van der Waals surface area contributed by atoms with E-state index in [1.54, 1.807) is 7.11 Å². The molecule has 3 rings (SSSR count). The van der Waals surface area contributed by atoms with Crippen molar-refractivity contribution in [1.29, 1.82) is 0 Å². The predicted octanol–water partition coefficient (Wildman–Crippen LogP) is 2.40. The minimum atomic E-state index is -0.0396. The summed E-state index contributed by atoms with van der Waals surface area (Å²) in [5, 5.41) is 6.42. The molecule has 0 aromatic heterocycles. The fourth-order valence-electron chi connectivity index (χ4n) is 3.09. The summed E-state index contributed by atoms with van der Waals surface area (Å²) in [6.07, 6.45) is 5.40. The van der Waals surface area contributed by atoms with Crippen LogP contribution in [0.1, 0.15) is 24.8 Å².